The van der Waals surface area contributed by atoms with Crippen LogP contribution in [-0.2, 0) is 11.3 Å². The number of nitro groups is 1. The minimum absolute atomic E-state index is 0.00927. The maximum atomic E-state index is 13.8. The Bertz CT molecular complexity index is 1990. The molecule has 0 radical (unpaired) electrons. The average molecular weight is 698 g/mol. The highest BCUT2D eigenvalue weighted by molar-refractivity contribution is 7.99. The van der Waals surface area contributed by atoms with Crippen LogP contribution in [-0.4, -0.2) is 62.2 Å². The zero-order chi connectivity index (χ0) is 34.5. The summed E-state index contributed by atoms with van der Waals surface area (Å²) < 4.78 is 12.2. The lowest BCUT2D eigenvalue weighted by molar-refractivity contribution is -0.384. The number of carbonyl (C=O) groups excluding carboxylic acids is 2. The number of benzene rings is 3. The number of non-ortho nitro benzene ring substituents is 1. The van der Waals surface area contributed by atoms with Crippen LogP contribution in [0.2, 0.25) is 0 Å². The number of hydrazone groups is 1. The number of rotatable bonds is 12. The van der Waals surface area contributed by atoms with Gasteiger partial charge in [-0.3, -0.25) is 24.3 Å². The first kappa shape index (κ1) is 33.4. The van der Waals surface area contributed by atoms with Crippen molar-refractivity contribution in [3.05, 3.63) is 122 Å². The van der Waals surface area contributed by atoms with Crippen molar-refractivity contribution in [2.45, 2.75) is 31.1 Å². The van der Waals surface area contributed by atoms with Gasteiger partial charge in [0.1, 0.15) is 11.5 Å². The molecule has 0 saturated heterocycles. The van der Waals surface area contributed by atoms with Crippen LogP contribution in [0, 0.1) is 17.0 Å². The molecule has 1 N–H and O–H groups in total. The summed E-state index contributed by atoms with van der Waals surface area (Å²) in [6, 6.07) is 22.5. The molecular formula is C34H31N7O6S2. The molecule has 1 aliphatic heterocycles. The molecule has 1 unspecified atom stereocenters. The molecule has 49 heavy (non-hydrogen) atoms. The third-order valence-corrected chi connectivity index (χ3v) is 9.63. The Morgan fingerprint density at radius 1 is 1.02 bits per heavy atom. The fraction of sp³-hybridized carbons (Fsp3) is 0.206. The topological polar surface area (TPSA) is 154 Å². The van der Waals surface area contributed by atoms with Gasteiger partial charge in [-0.05, 0) is 48.2 Å². The monoisotopic (exact) mass is 697 g/mol. The number of hydrogen-bond acceptors (Lipinski definition) is 11. The van der Waals surface area contributed by atoms with Crippen molar-refractivity contribution in [1.82, 2.24) is 25.1 Å². The lowest BCUT2D eigenvalue weighted by Crippen LogP contribution is -2.28. The van der Waals surface area contributed by atoms with Crippen molar-refractivity contribution in [1.29, 1.82) is 0 Å². The summed E-state index contributed by atoms with van der Waals surface area (Å²) in [6.45, 7) is 1.98. The van der Waals surface area contributed by atoms with E-state index in [4.69, 9.17) is 14.6 Å². The van der Waals surface area contributed by atoms with E-state index in [0.29, 0.717) is 40.2 Å². The number of carbonyl (C=O) groups is 2. The lowest BCUT2D eigenvalue weighted by atomic mass is 10.00. The summed E-state index contributed by atoms with van der Waals surface area (Å²) in [7, 11) is 2.99. The lowest BCUT2D eigenvalue weighted by Gasteiger charge is -2.22. The van der Waals surface area contributed by atoms with Crippen LogP contribution in [0.4, 0.5) is 5.69 Å². The van der Waals surface area contributed by atoms with Gasteiger partial charge in [-0.1, -0.05) is 47.7 Å². The SMILES string of the molecule is COc1cc(OC)cc(C(=O)NCc2nnc(SCC(=O)N3N=C(c4cccs4)CC3c3ccc(C)cc3)n2-c2ccc([N+](=O)[O-])cc2)c1. The number of nitrogens with one attached hydrogen (secondary N) is 1. The van der Waals surface area contributed by atoms with Crippen molar-refractivity contribution in [3.8, 4) is 17.2 Å². The number of nitrogens with zero attached hydrogens (tertiary/aromatic N) is 6. The zero-order valence-electron chi connectivity index (χ0n) is 26.7. The van der Waals surface area contributed by atoms with Gasteiger partial charge in [0, 0.05) is 35.9 Å². The van der Waals surface area contributed by atoms with Crippen molar-refractivity contribution >= 4 is 46.3 Å². The Kier molecular flexibility index (Phi) is 10.0. The first-order chi connectivity index (χ1) is 23.7. The van der Waals surface area contributed by atoms with Crippen LogP contribution in [0.25, 0.3) is 5.69 Å². The van der Waals surface area contributed by atoms with Crippen LogP contribution in [0.1, 0.15) is 44.6 Å². The number of thioether (sulfide) groups is 1. The van der Waals surface area contributed by atoms with Gasteiger partial charge in [0.05, 0.1) is 48.1 Å². The van der Waals surface area contributed by atoms with E-state index in [1.54, 1.807) is 51.2 Å². The average Bonchev–Trinajstić information content (AvgIpc) is 3.90. The number of aromatic nitrogens is 3. The molecule has 2 amide bonds. The number of aryl methyl sites for hydroxylation is 1. The predicted molar refractivity (Wildman–Crippen MR) is 186 cm³/mol. The maximum absolute atomic E-state index is 13.8. The van der Waals surface area contributed by atoms with Gasteiger partial charge in [0.25, 0.3) is 17.5 Å². The molecular weight excluding hydrogens is 667 g/mol. The van der Waals surface area contributed by atoms with E-state index in [0.717, 1.165) is 33.5 Å². The van der Waals surface area contributed by atoms with Gasteiger partial charge in [-0.15, -0.1) is 21.5 Å². The van der Waals surface area contributed by atoms with Crippen LogP contribution in [0.5, 0.6) is 11.5 Å². The van der Waals surface area contributed by atoms with Gasteiger partial charge in [0.15, 0.2) is 11.0 Å². The number of amides is 2. The molecule has 5 aromatic rings. The Labute approximate surface area is 289 Å². The Hall–Kier alpha value is -5.54. The van der Waals surface area contributed by atoms with Crippen molar-refractivity contribution in [3.63, 3.8) is 0 Å². The van der Waals surface area contributed by atoms with Crippen LogP contribution < -0.4 is 14.8 Å². The minimum Gasteiger partial charge on any atom is -0.497 e. The fourth-order valence-corrected chi connectivity index (χ4v) is 6.81. The number of nitro benzene ring substituents is 1. The number of ether oxygens (including phenoxy) is 2. The van der Waals surface area contributed by atoms with E-state index in [1.165, 1.54) is 26.4 Å². The summed E-state index contributed by atoms with van der Waals surface area (Å²) in [5.74, 6) is 0.624. The molecule has 15 heteroatoms. The first-order valence-corrected chi connectivity index (χ1v) is 16.9. The molecule has 250 valence electrons. The van der Waals surface area contributed by atoms with E-state index in [2.05, 4.69) is 15.5 Å². The van der Waals surface area contributed by atoms with Crippen LogP contribution in [0.3, 0.4) is 0 Å². The Morgan fingerprint density at radius 2 is 1.73 bits per heavy atom. The standard InChI is InChI=1S/C34H31N7O6S2/c1-21-6-8-22(9-7-21)29-18-28(30-5-4-14-48-30)38-40(29)32(42)20-49-34-37-36-31(39(34)24-10-12-25(13-11-24)41(44)45)19-35-33(43)23-15-26(46-2)17-27(16-23)47-3/h4-17,29H,18-20H2,1-3H3,(H,35,43). The Balaban J connectivity index is 1.25. The van der Waals surface area contributed by atoms with Crippen molar-refractivity contribution in [2.24, 2.45) is 5.10 Å². The van der Waals surface area contributed by atoms with Gasteiger partial charge in [0.2, 0.25) is 0 Å². The second-order valence-corrected chi connectivity index (χ2v) is 12.9. The highest BCUT2D eigenvalue weighted by Crippen LogP contribution is 2.35. The summed E-state index contributed by atoms with van der Waals surface area (Å²) in [6.07, 6.45) is 0.585. The van der Waals surface area contributed by atoms with Crippen LogP contribution >= 0.6 is 23.1 Å². The zero-order valence-corrected chi connectivity index (χ0v) is 28.4. The summed E-state index contributed by atoms with van der Waals surface area (Å²) in [5.41, 5.74) is 3.71. The van der Waals surface area contributed by atoms with Crippen molar-refractivity contribution in [2.75, 3.05) is 20.0 Å². The normalized spacial score (nSPS) is 14.0. The molecule has 3 heterocycles. The molecule has 0 spiro atoms. The van der Waals surface area contributed by atoms with Gasteiger partial charge in [-0.2, -0.15) is 5.10 Å². The van der Waals surface area contributed by atoms with Gasteiger partial charge < -0.3 is 14.8 Å². The highest BCUT2D eigenvalue weighted by Gasteiger charge is 2.33. The molecule has 6 rings (SSSR count). The van der Waals surface area contributed by atoms with E-state index in [-0.39, 0.29) is 29.9 Å². The molecule has 2 aromatic heterocycles. The molecule has 0 aliphatic carbocycles. The van der Waals surface area contributed by atoms with E-state index in [9.17, 15) is 19.7 Å². The quantitative estimate of drug-likeness (QED) is 0.0945. The molecule has 0 fully saturated rings. The van der Waals surface area contributed by atoms with Crippen LogP contribution in [0.15, 0.2) is 94.5 Å². The number of thiophene rings is 1. The number of hydrogen-bond donors (Lipinski definition) is 1. The summed E-state index contributed by atoms with van der Waals surface area (Å²) in [5, 5.41) is 31.5. The largest absolute Gasteiger partial charge is 0.497 e. The first-order valence-electron chi connectivity index (χ1n) is 15.1. The number of methoxy groups -OCH3 is 2. The molecule has 0 bridgehead atoms. The second-order valence-electron chi connectivity index (χ2n) is 11.0. The smallest absolute Gasteiger partial charge is 0.269 e. The van der Waals surface area contributed by atoms with Gasteiger partial charge in [-0.25, -0.2) is 5.01 Å². The van der Waals surface area contributed by atoms with E-state index >= 15 is 0 Å². The maximum Gasteiger partial charge on any atom is 0.269 e. The summed E-state index contributed by atoms with van der Waals surface area (Å²) in [4.78, 5) is 38.8. The second kappa shape index (κ2) is 14.7. The fourth-order valence-electron chi connectivity index (χ4n) is 5.26. The molecule has 13 nitrogen and oxygen atoms in total. The molecule has 1 atom stereocenters. The molecule has 3 aromatic carbocycles. The highest BCUT2D eigenvalue weighted by atomic mass is 32.2. The third-order valence-electron chi connectivity index (χ3n) is 7.80. The molecule has 1 aliphatic rings. The third kappa shape index (κ3) is 7.47. The van der Waals surface area contributed by atoms with Crippen molar-refractivity contribution < 1.29 is 24.0 Å². The van der Waals surface area contributed by atoms with Gasteiger partial charge >= 0.3 is 0 Å². The minimum atomic E-state index is -0.487. The van der Waals surface area contributed by atoms with E-state index in [1.807, 2.05) is 48.7 Å². The van der Waals surface area contributed by atoms with E-state index < -0.39 is 10.8 Å². The summed E-state index contributed by atoms with van der Waals surface area (Å²) >= 11 is 2.74. The Morgan fingerprint density at radius 3 is 2.37 bits per heavy atom. The molecule has 0 saturated carbocycles. The predicted octanol–water partition coefficient (Wildman–Crippen LogP) is 5.96.